The van der Waals surface area contributed by atoms with Gasteiger partial charge in [0.05, 0.1) is 0 Å². The smallest absolute Gasteiger partial charge is 0.270 e. The molecule has 5 rings (SSSR count). The van der Waals surface area contributed by atoms with Crippen LogP contribution in [0.15, 0.2) is 70.3 Å². The van der Waals surface area contributed by atoms with Gasteiger partial charge in [0.1, 0.15) is 11.4 Å². The summed E-state index contributed by atoms with van der Waals surface area (Å²) in [6.45, 7) is 2.82. The van der Waals surface area contributed by atoms with Crippen molar-refractivity contribution in [2.75, 3.05) is 19.6 Å². The Labute approximate surface area is 188 Å². The average molecular weight is 442 g/mol. The molecule has 3 heterocycles. The topological polar surface area (TPSA) is 106 Å². The number of fused-ring (bicyclic) bond motifs is 2. The summed E-state index contributed by atoms with van der Waals surface area (Å²) in [6, 6.07) is 16.5. The maximum absolute atomic E-state index is 13.1. The molecule has 2 aromatic carbocycles. The molecular weight excluding hydrogens is 420 g/mol. The molecule has 166 valence electrons. The molecule has 0 radical (unpaired) electrons. The molecular formula is C25H22N4O4. The Morgan fingerprint density at radius 2 is 1.30 bits per heavy atom. The van der Waals surface area contributed by atoms with Crippen LogP contribution in [-0.4, -0.2) is 57.3 Å². The maximum Gasteiger partial charge on any atom is 0.270 e. The summed E-state index contributed by atoms with van der Waals surface area (Å²) in [4.78, 5) is 60.4. The molecule has 0 saturated carbocycles. The number of hydrogen-bond donors (Lipinski definition) is 2. The summed E-state index contributed by atoms with van der Waals surface area (Å²) in [7, 11) is 0. The predicted molar refractivity (Wildman–Crippen MR) is 126 cm³/mol. The van der Waals surface area contributed by atoms with Crippen LogP contribution < -0.4 is 10.9 Å². The third kappa shape index (κ3) is 3.69. The van der Waals surface area contributed by atoms with E-state index in [1.54, 1.807) is 58.3 Å². The first-order valence-corrected chi connectivity index (χ1v) is 10.8. The van der Waals surface area contributed by atoms with Crippen LogP contribution in [0, 0.1) is 0 Å². The Morgan fingerprint density at radius 3 is 1.85 bits per heavy atom. The van der Waals surface area contributed by atoms with Crippen LogP contribution >= 0.6 is 0 Å². The van der Waals surface area contributed by atoms with E-state index in [1.165, 1.54) is 12.1 Å². The molecule has 2 N–H and O–H groups in total. The standard InChI is InChI=1S/C25H22N4O4/c1-15-14-28(24(32)20-12-22(30)16-6-2-4-8-18(16)26-20)10-11-29(15)25(33)21-13-23(31)17-7-3-5-9-19(17)27-21/h2-9,12-13,15H,10-11,14H2,1H3,(H,26,30)(H,27,31). The summed E-state index contributed by atoms with van der Waals surface area (Å²) in [5.41, 5.74) is 1.24. The lowest BCUT2D eigenvalue weighted by Crippen LogP contribution is -2.55. The second kappa shape index (κ2) is 8.05. The Hall–Kier alpha value is -4.20. The van der Waals surface area contributed by atoms with Crippen molar-refractivity contribution >= 4 is 33.6 Å². The van der Waals surface area contributed by atoms with Gasteiger partial charge in [-0.1, -0.05) is 24.3 Å². The highest BCUT2D eigenvalue weighted by Gasteiger charge is 2.31. The molecule has 8 heteroatoms. The first-order valence-electron chi connectivity index (χ1n) is 10.8. The fourth-order valence-corrected chi connectivity index (χ4v) is 4.39. The Bertz CT molecular complexity index is 1520. The van der Waals surface area contributed by atoms with Crippen LogP contribution in [0.5, 0.6) is 0 Å². The molecule has 1 atom stereocenters. The second-order valence-corrected chi connectivity index (χ2v) is 8.28. The van der Waals surface area contributed by atoms with Gasteiger partial charge in [-0.25, -0.2) is 0 Å². The van der Waals surface area contributed by atoms with Gasteiger partial charge in [0.2, 0.25) is 0 Å². The monoisotopic (exact) mass is 442 g/mol. The van der Waals surface area contributed by atoms with E-state index in [9.17, 15) is 19.2 Å². The zero-order chi connectivity index (χ0) is 23.1. The summed E-state index contributed by atoms with van der Waals surface area (Å²) in [5.74, 6) is -0.563. The van der Waals surface area contributed by atoms with Crippen LogP contribution in [0.3, 0.4) is 0 Å². The van der Waals surface area contributed by atoms with Gasteiger partial charge in [0, 0.05) is 59.6 Å². The van der Waals surface area contributed by atoms with Gasteiger partial charge in [-0.2, -0.15) is 0 Å². The number of carbonyl (C=O) groups excluding carboxylic acids is 2. The highest BCUT2D eigenvalue weighted by atomic mass is 16.2. The number of H-pyrrole nitrogens is 2. The Morgan fingerprint density at radius 1 is 0.788 bits per heavy atom. The van der Waals surface area contributed by atoms with Gasteiger partial charge < -0.3 is 19.8 Å². The number of aromatic amines is 2. The summed E-state index contributed by atoms with van der Waals surface area (Å²) in [5, 5.41) is 1.06. The molecule has 2 aromatic heterocycles. The quantitative estimate of drug-likeness (QED) is 0.497. The van der Waals surface area contributed by atoms with Crippen LogP contribution in [-0.2, 0) is 0 Å². The van der Waals surface area contributed by atoms with Crippen molar-refractivity contribution in [1.82, 2.24) is 19.8 Å². The van der Waals surface area contributed by atoms with Crippen molar-refractivity contribution in [3.8, 4) is 0 Å². The molecule has 1 unspecified atom stereocenters. The van der Waals surface area contributed by atoms with E-state index in [-0.39, 0.29) is 40.1 Å². The highest BCUT2D eigenvalue weighted by Crippen LogP contribution is 2.17. The third-order valence-corrected chi connectivity index (χ3v) is 6.11. The van der Waals surface area contributed by atoms with Gasteiger partial charge in [-0.15, -0.1) is 0 Å². The fourth-order valence-electron chi connectivity index (χ4n) is 4.39. The van der Waals surface area contributed by atoms with Crippen LogP contribution in [0.25, 0.3) is 21.8 Å². The number of piperazine rings is 1. The minimum Gasteiger partial charge on any atom is -0.350 e. The van der Waals surface area contributed by atoms with E-state index < -0.39 is 0 Å². The third-order valence-electron chi connectivity index (χ3n) is 6.11. The lowest BCUT2D eigenvalue weighted by Gasteiger charge is -2.39. The van der Waals surface area contributed by atoms with Crippen molar-refractivity contribution in [3.63, 3.8) is 0 Å². The van der Waals surface area contributed by atoms with Crippen molar-refractivity contribution < 1.29 is 9.59 Å². The minimum atomic E-state index is -0.282. The van der Waals surface area contributed by atoms with Gasteiger partial charge in [-0.3, -0.25) is 19.2 Å². The number of benzene rings is 2. The maximum atomic E-state index is 13.1. The van der Waals surface area contributed by atoms with Crippen molar-refractivity contribution in [2.24, 2.45) is 0 Å². The predicted octanol–water partition coefficient (Wildman–Crippen LogP) is 2.36. The van der Waals surface area contributed by atoms with Gasteiger partial charge in [0.15, 0.2) is 10.9 Å². The van der Waals surface area contributed by atoms with Crippen LogP contribution in [0.1, 0.15) is 27.9 Å². The van der Waals surface area contributed by atoms with Crippen LogP contribution in [0.4, 0.5) is 0 Å². The van der Waals surface area contributed by atoms with E-state index in [2.05, 4.69) is 9.97 Å². The van der Waals surface area contributed by atoms with E-state index >= 15 is 0 Å². The van der Waals surface area contributed by atoms with Crippen molar-refractivity contribution in [1.29, 1.82) is 0 Å². The number of aromatic nitrogens is 2. The molecule has 1 fully saturated rings. The number of rotatable bonds is 2. The van der Waals surface area contributed by atoms with Crippen molar-refractivity contribution in [3.05, 3.63) is 92.5 Å². The number of nitrogens with one attached hydrogen (secondary N) is 2. The van der Waals surface area contributed by atoms with Crippen molar-refractivity contribution in [2.45, 2.75) is 13.0 Å². The number of carbonyl (C=O) groups is 2. The summed E-state index contributed by atoms with van der Waals surface area (Å²) < 4.78 is 0. The largest absolute Gasteiger partial charge is 0.350 e. The molecule has 1 aliphatic rings. The average Bonchev–Trinajstić information content (AvgIpc) is 2.83. The normalized spacial score (nSPS) is 16.3. The Balaban J connectivity index is 1.36. The number of nitrogens with zero attached hydrogens (tertiary/aromatic N) is 2. The van der Waals surface area contributed by atoms with Gasteiger partial charge in [0.25, 0.3) is 11.8 Å². The molecule has 1 saturated heterocycles. The first kappa shape index (κ1) is 20.7. The SMILES string of the molecule is CC1CN(C(=O)c2cc(=O)c3ccccc3[nH]2)CCN1C(=O)c1cc(=O)c2ccccc2[nH]1. The van der Waals surface area contributed by atoms with E-state index in [1.807, 2.05) is 6.92 Å². The number of amides is 2. The lowest BCUT2D eigenvalue weighted by molar-refractivity contribution is 0.0408. The fraction of sp³-hybridized carbons (Fsp3) is 0.200. The number of hydrogen-bond acceptors (Lipinski definition) is 4. The summed E-state index contributed by atoms with van der Waals surface area (Å²) >= 11 is 0. The van der Waals surface area contributed by atoms with Gasteiger partial charge >= 0.3 is 0 Å². The summed E-state index contributed by atoms with van der Waals surface area (Å²) in [6.07, 6.45) is 0. The molecule has 4 aromatic rings. The number of pyridine rings is 2. The molecule has 0 spiro atoms. The van der Waals surface area contributed by atoms with E-state index in [0.29, 0.717) is 41.4 Å². The molecule has 1 aliphatic heterocycles. The number of para-hydroxylation sites is 2. The Kier molecular flexibility index (Phi) is 5.05. The molecule has 33 heavy (non-hydrogen) atoms. The zero-order valence-corrected chi connectivity index (χ0v) is 18.0. The van der Waals surface area contributed by atoms with E-state index in [0.717, 1.165) is 0 Å². The molecule has 0 aliphatic carbocycles. The van der Waals surface area contributed by atoms with Crippen LogP contribution in [0.2, 0.25) is 0 Å². The molecule has 0 bridgehead atoms. The lowest BCUT2D eigenvalue weighted by atomic mass is 10.1. The second-order valence-electron chi connectivity index (χ2n) is 8.28. The van der Waals surface area contributed by atoms with E-state index in [4.69, 9.17) is 0 Å². The molecule has 2 amide bonds. The highest BCUT2D eigenvalue weighted by molar-refractivity contribution is 5.97. The minimum absolute atomic E-state index is 0.213. The molecule has 8 nitrogen and oxygen atoms in total. The zero-order valence-electron chi connectivity index (χ0n) is 18.0. The first-order chi connectivity index (χ1) is 15.9. The van der Waals surface area contributed by atoms with Gasteiger partial charge in [-0.05, 0) is 31.2 Å².